The van der Waals surface area contributed by atoms with Crippen LogP contribution in [0.1, 0.15) is 17.3 Å². The number of nitrogens with zero attached hydrogens (tertiary/aromatic N) is 1. The number of hydrogen-bond acceptors (Lipinski definition) is 3. The molecule has 0 aliphatic rings. The van der Waals surface area contributed by atoms with Crippen molar-refractivity contribution in [2.75, 3.05) is 12.2 Å². The Kier molecular flexibility index (Phi) is 3.36. The molecular formula is C10H11NO3. The second-order valence-electron chi connectivity index (χ2n) is 2.71. The summed E-state index contributed by atoms with van der Waals surface area (Å²) in [6.45, 7) is 1.40. The van der Waals surface area contributed by atoms with Gasteiger partial charge < -0.3 is 0 Å². The van der Waals surface area contributed by atoms with Gasteiger partial charge in [-0.2, -0.15) is 5.06 Å². The maximum Gasteiger partial charge on any atom is 0.247 e. The smallest absolute Gasteiger partial charge is 0.247 e. The first kappa shape index (κ1) is 10.4. The third kappa shape index (κ3) is 2.17. The third-order valence-corrected chi connectivity index (χ3v) is 1.73. The van der Waals surface area contributed by atoms with Crippen LogP contribution < -0.4 is 5.06 Å². The lowest BCUT2D eigenvalue weighted by Crippen LogP contribution is -2.26. The van der Waals surface area contributed by atoms with Crippen molar-refractivity contribution in [2.45, 2.75) is 6.92 Å². The van der Waals surface area contributed by atoms with Gasteiger partial charge in [-0.15, -0.1) is 0 Å². The number of anilines is 1. The van der Waals surface area contributed by atoms with Crippen molar-refractivity contribution in [1.82, 2.24) is 0 Å². The van der Waals surface area contributed by atoms with Gasteiger partial charge in [-0.3, -0.25) is 14.4 Å². The molecule has 4 nitrogen and oxygen atoms in total. The summed E-state index contributed by atoms with van der Waals surface area (Å²) >= 11 is 0. The van der Waals surface area contributed by atoms with Crippen LogP contribution in [0.3, 0.4) is 0 Å². The van der Waals surface area contributed by atoms with Crippen molar-refractivity contribution in [3.8, 4) is 0 Å². The Morgan fingerprint density at radius 1 is 1.36 bits per heavy atom. The van der Waals surface area contributed by atoms with E-state index in [4.69, 9.17) is 4.84 Å². The summed E-state index contributed by atoms with van der Waals surface area (Å²) in [5.74, 6) is -0.216. The lowest BCUT2D eigenvalue weighted by Gasteiger charge is -2.17. The SMILES string of the molecule is CON(C(C)=O)c1ccc(C=O)cc1. The Morgan fingerprint density at radius 3 is 2.29 bits per heavy atom. The summed E-state index contributed by atoms with van der Waals surface area (Å²) in [7, 11) is 1.41. The highest BCUT2D eigenvalue weighted by Gasteiger charge is 2.09. The van der Waals surface area contributed by atoms with Crippen LogP contribution >= 0.6 is 0 Å². The number of benzene rings is 1. The van der Waals surface area contributed by atoms with E-state index in [1.54, 1.807) is 24.3 Å². The Balaban J connectivity index is 2.94. The van der Waals surface area contributed by atoms with Crippen LogP contribution in [0.2, 0.25) is 0 Å². The maximum absolute atomic E-state index is 11.1. The van der Waals surface area contributed by atoms with Gasteiger partial charge in [-0.05, 0) is 24.3 Å². The second kappa shape index (κ2) is 4.53. The number of aldehydes is 1. The maximum atomic E-state index is 11.1. The van der Waals surface area contributed by atoms with Gasteiger partial charge in [0.2, 0.25) is 5.91 Å². The Bertz CT molecular complexity index is 332. The van der Waals surface area contributed by atoms with Crippen molar-refractivity contribution < 1.29 is 14.4 Å². The Hall–Kier alpha value is -1.68. The van der Waals surface area contributed by atoms with Crippen LogP contribution in [0.15, 0.2) is 24.3 Å². The molecule has 0 spiro atoms. The van der Waals surface area contributed by atoms with E-state index in [1.165, 1.54) is 14.0 Å². The molecule has 0 aliphatic carbocycles. The zero-order chi connectivity index (χ0) is 10.6. The standard InChI is InChI=1S/C10H11NO3/c1-8(13)11(14-2)10-5-3-9(7-12)4-6-10/h3-7H,1-2H3. The molecule has 0 saturated heterocycles. The largest absolute Gasteiger partial charge is 0.298 e. The highest BCUT2D eigenvalue weighted by atomic mass is 16.7. The minimum Gasteiger partial charge on any atom is -0.298 e. The van der Waals surface area contributed by atoms with E-state index in [1.807, 2.05) is 0 Å². The summed E-state index contributed by atoms with van der Waals surface area (Å²) in [5, 5.41) is 1.15. The molecule has 0 fully saturated rings. The lowest BCUT2D eigenvalue weighted by atomic mass is 10.2. The van der Waals surface area contributed by atoms with Crippen molar-refractivity contribution in [3.63, 3.8) is 0 Å². The number of rotatable bonds is 3. The number of hydrogen-bond donors (Lipinski definition) is 0. The van der Waals surface area contributed by atoms with Gasteiger partial charge in [0.1, 0.15) is 6.29 Å². The predicted octanol–water partition coefficient (Wildman–Crippen LogP) is 1.41. The molecule has 14 heavy (non-hydrogen) atoms. The van der Waals surface area contributed by atoms with Crippen LogP contribution in [-0.2, 0) is 9.63 Å². The summed E-state index contributed by atoms with van der Waals surface area (Å²) in [4.78, 5) is 26.3. The molecule has 0 heterocycles. The van der Waals surface area contributed by atoms with Gasteiger partial charge in [-0.1, -0.05) is 0 Å². The predicted molar refractivity (Wildman–Crippen MR) is 52.0 cm³/mol. The summed E-state index contributed by atoms with van der Waals surface area (Å²) in [6, 6.07) is 6.54. The van der Waals surface area contributed by atoms with E-state index in [9.17, 15) is 9.59 Å². The van der Waals surface area contributed by atoms with E-state index < -0.39 is 0 Å². The monoisotopic (exact) mass is 193 g/mol. The molecule has 0 aromatic heterocycles. The van der Waals surface area contributed by atoms with Crippen LogP contribution in [0.5, 0.6) is 0 Å². The molecule has 0 unspecified atom stereocenters. The summed E-state index contributed by atoms with van der Waals surface area (Å²) in [5.41, 5.74) is 1.17. The normalized spacial score (nSPS) is 9.57. The van der Waals surface area contributed by atoms with E-state index >= 15 is 0 Å². The molecule has 1 rings (SSSR count). The van der Waals surface area contributed by atoms with Gasteiger partial charge in [0.05, 0.1) is 12.8 Å². The third-order valence-electron chi connectivity index (χ3n) is 1.73. The van der Waals surface area contributed by atoms with Crippen molar-refractivity contribution in [3.05, 3.63) is 29.8 Å². The lowest BCUT2D eigenvalue weighted by molar-refractivity contribution is -0.122. The van der Waals surface area contributed by atoms with E-state index in [2.05, 4.69) is 0 Å². The first-order chi connectivity index (χ1) is 6.69. The number of hydroxylamine groups is 1. The van der Waals surface area contributed by atoms with E-state index in [-0.39, 0.29) is 5.91 Å². The number of amides is 1. The highest BCUT2D eigenvalue weighted by Crippen LogP contribution is 2.14. The molecular weight excluding hydrogens is 182 g/mol. The van der Waals surface area contributed by atoms with Gasteiger partial charge in [0, 0.05) is 12.5 Å². The average molecular weight is 193 g/mol. The first-order valence-electron chi connectivity index (χ1n) is 4.09. The van der Waals surface area contributed by atoms with Gasteiger partial charge in [-0.25, -0.2) is 0 Å². The van der Waals surface area contributed by atoms with Crippen molar-refractivity contribution in [1.29, 1.82) is 0 Å². The second-order valence-corrected chi connectivity index (χ2v) is 2.71. The Morgan fingerprint density at radius 2 is 1.93 bits per heavy atom. The molecule has 0 N–H and O–H groups in total. The first-order valence-corrected chi connectivity index (χ1v) is 4.09. The van der Waals surface area contributed by atoms with E-state index in [0.717, 1.165) is 11.3 Å². The summed E-state index contributed by atoms with van der Waals surface area (Å²) < 4.78 is 0. The fraction of sp³-hybridized carbons (Fsp3) is 0.200. The molecule has 4 heteroatoms. The molecule has 74 valence electrons. The minimum atomic E-state index is -0.216. The van der Waals surface area contributed by atoms with Gasteiger partial charge >= 0.3 is 0 Å². The molecule has 0 saturated carbocycles. The molecule has 0 radical (unpaired) electrons. The topological polar surface area (TPSA) is 46.6 Å². The number of carbonyl (C=O) groups is 2. The van der Waals surface area contributed by atoms with Crippen LogP contribution in [0, 0.1) is 0 Å². The fourth-order valence-corrected chi connectivity index (χ4v) is 1.10. The zero-order valence-corrected chi connectivity index (χ0v) is 8.06. The van der Waals surface area contributed by atoms with Gasteiger partial charge in [0.15, 0.2) is 0 Å². The quantitative estimate of drug-likeness (QED) is 0.538. The van der Waals surface area contributed by atoms with Crippen LogP contribution in [0.4, 0.5) is 5.69 Å². The Labute approximate surface area is 82.0 Å². The highest BCUT2D eigenvalue weighted by molar-refractivity contribution is 5.89. The van der Waals surface area contributed by atoms with E-state index in [0.29, 0.717) is 11.3 Å². The molecule has 1 aromatic rings. The molecule has 1 amide bonds. The number of carbonyl (C=O) groups excluding carboxylic acids is 2. The minimum absolute atomic E-state index is 0.216. The molecule has 0 bridgehead atoms. The van der Waals surface area contributed by atoms with Crippen molar-refractivity contribution in [2.24, 2.45) is 0 Å². The fourth-order valence-electron chi connectivity index (χ4n) is 1.10. The van der Waals surface area contributed by atoms with Crippen LogP contribution in [-0.4, -0.2) is 19.3 Å². The summed E-state index contributed by atoms with van der Waals surface area (Å²) in [6.07, 6.45) is 0.745. The van der Waals surface area contributed by atoms with Crippen molar-refractivity contribution >= 4 is 17.9 Å². The molecule has 1 aromatic carbocycles. The van der Waals surface area contributed by atoms with Crippen LogP contribution in [0.25, 0.3) is 0 Å². The molecule has 0 atom stereocenters. The zero-order valence-electron chi connectivity index (χ0n) is 8.06. The molecule has 0 aliphatic heterocycles. The van der Waals surface area contributed by atoms with Gasteiger partial charge in [0.25, 0.3) is 0 Å². The average Bonchev–Trinajstić information content (AvgIpc) is 2.19.